The minimum Gasteiger partial charge on any atom is -0.329 e. The highest BCUT2D eigenvalue weighted by molar-refractivity contribution is 6.33. The van der Waals surface area contributed by atoms with E-state index in [-0.39, 0.29) is 17.7 Å². The van der Waals surface area contributed by atoms with Gasteiger partial charge in [0.25, 0.3) is 0 Å². The Balaban J connectivity index is 1.80. The molecule has 0 spiro atoms. The summed E-state index contributed by atoms with van der Waals surface area (Å²) >= 11 is 6.16. The maximum Gasteiger partial charge on any atom is 0.249 e. The molecule has 1 heterocycles. The van der Waals surface area contributed by atoms with Crippen molar-refractivity contribution in [2.75, 3.05) is 18.0 Å². The molecular weight excluding hydrogens is 276 g/mol. The highest BCUT2D eigenvalue weighted by Gasteiger charge is 2.41. The first-order chi connectivity index (χ1) is 9.59. The predicted molar refractivity (Wildman–Crippen MR) is 77.7 cm³/mol. The summed E-state index contributed by atoms with van der Waals surface area (Å²) < 4.78 is 0. The van der Waals surface area contributed by atoms with Crippen molar-refractivity contribution in [3.63, 3.8) is 0 Å². The second-order valence-electron chi connectivity index (χ2n) is 5.42. The minimum atomic E-state index is -0.409. The Morgan fingerprint density at radius 3 is 2.60 bits per heavy atom. The Bertz CT molecular complexity index is 557. The van der Waals surface area contributed by atoms with Crippen molar-refractivity contribution >= 4 is 29.1 Å². The summed E-state index contributed by atoms with van der Waals surface area (Å²) in [7, 11) is 0. The number of piperazine rings is 1. The number of rotatable bonds is 2. The van der Waals surface area contributed by atoms with Crippen LogP contribution < -0.4 is 4.90 Å². The topological polar surface area (TPSA) is 40.6 Å². The van der Waals surface area contributed by atoms with E-state index in [4.69, 9.17) is 11.6 Å². The number of para-hydroxylation sites is 1. The first kappa shape index (κ1) is 13.4. The fraction of sp³-hybridized carbons (Fsp3) is 0.467. The van der Waals surface area contributed by atoms with Crippen LogP contribution in [0.3, 0.4) is 0 Å². The number of carbonyl (C=O) groups excluding carboxylic acids is 2. The first-order valence-electron chi connectivity index (χ1n) is 6.96. The number of hydrogen-bond acceptors (Lipinski definition) is 2. The summed E-state index contributed by atoms with van der Waals surface area (Å²) in [4.78, 5) is 28.1. The Hall–Kier alpha value is -1.55. The highest BCUT2D eigenvalue weighted by atomic mass is 35.5. The normalized spacial score (nSPS) is 23.1. The number of nitrogens with zero attached hydrogens (tertiary/aromatic N) is 2. The van der Waals surface area contributed by atoms with Crippen molar-refractivity contribution in [3.05, 3.63) is 29.3 Å². The van der Waals surface area contributed by atoms with Gasteiger partial charge in [-0.2, -0.15) is 0 Å². The Labute approximate surface area is 123 Å². The van der Waals surface area contributed by atoms with Crippen LogP contribution in [-0.2, 0) is 9.59 Å². The van der Waals surface area contributed by atoms with Crippen LogP contribution in [0.25, 0.3) is 0 Å². The minimum absolute atomic E-state index is 0.0571. The molecule has 1 aromatic rings. The van der Waals surface area contributed by atoms with Gasteiger partial charge < -0.3 is 9.80 Å². The molecule has 1 saturated carbocycles. The maximum atomic E-state index is 12.5. The number of hydrogen-bond donors (Lipinski definition) is 0. The monoisotopic (exact) mass is 292 g/mol. The molecule has 1 saturated heterocycles. The second-order valence-corrected chi connectivity index (χ2v) is 5.83. The van der Waals surface area contributed by atoms with E-state index in [0.717, 1.165) is 18.5 Å². The zero-order valence-electron chi connectivity index (χ0n) is 11.4. The molecule has 0 bridgehead atoms. The zero-order chi connectivity index (χ0) is 14.3. The molecule has 2 aliphatic rings. The summed E-state index contributed by atoms with van der Waals surface area (Å²) in [6.07, 6.45) is 1.93. The van der Waals surface area contributed by atoms with Gasteiger partial charge in [-0.05, 0) is 31.9 Å². The molecule has 0 aromatic heterocycles. The van der Waals surface area contributed by atoms with Crippen molar-refractivity contribution in [1.29, 1.82) is 0 Å². The first-order valence-corrected chi connectivity index (χ1v) is 7.34. The van der Waals surface area contributed by atoms with Gasteiger partial charge >= 0.3 is 0 Å². The van der Waals surface area contributed by atoms with Gasteiger partial charge in [0, 0.05) is 19.0 Å². The van der Waals surface area contributed by atoms with Gasteiger partial charge in [-0.15, -0.1) is 0 Å². The molecule has 0 unspecified atom stereocenters. The van der Waals surface area contributed by atoms with Crippen molar-refractivity contribution < 1.29 is 9.59 Å². The summed E-state index contributed by atoms with van der Waals surface area (Å²) in [6, 6.07) is 6.91. The highest BCUT2D eigenvalue weighted by Crippen LogP contribution is 2.33. The fourth-order valence-corrected chi connectivity index (χ4v) is 2.88. The molecular formula is C15H17ClN2O2. The van der Waals surface area contributed by atoms with E-state index < -0.39 is 6.04 Å². The van der Waals surface area contributed by atoms with Crippen LogP contribution in [-0.4, -0.2) is 35.8 Å². The molecule has 1 aromatic carbocycles. The van der Waals surface area contributed by atoms with Gasteiger partial charge in [0.05, 0.1) is 10.7 Å². The van der Waals surface area contributed by atoms with Crippen LogP contribution in [0, 0.1) is 5.92 Å². The lowest BCUT2D eigenvalue weighted by molar-refractivity contribution is -0.141. The molecule has 2 amide bonds. The lowest BCUT2D eigenvalue weighted by atomic mass is 10.1. The second kappa shape index (κ2) is 5.09. The maximum absolute atomic E-state index is 12.5. The van der Waals surface area contributed by atoms with Gasteiger partial charge in [-0.1, -0.05) is 23.7 Å². The van der Waals surface area contributed by atoms with Crippen LogP contribution in [0.4, 0.5) is 5.69 Å². The third-order valence-electron chi connectivity index (χ3n) is 4.01. The molecule has 1 aliphatic heterocycles. The summed E-state index contributed by atoms with van der Waals surface area (Å²) in [5.41, 5.74) is 0.726. The summed E-state index contributed by atoms with van der Waals surface area (Å²) in [5.74, 6) is 0.222. The molecule has 2 fully saturated rings. The third-order valence-corrected chi connectivity index (χ3v) is 4.33. The lowest BCUT2D eigenvalue weighted by Crippen LogP contribution is -2.58. The Morgan fingerprint density at radius 2 is 1.95 bits per heavy atom. The number of anilines is 1. The molecule has 5 heteroatoms. The van der Waals surface area contributed by atoms with E-state index in [2.05, 4.69) is 0 Å². The molecule has 1 atom stereocenters. The predicted octanol–water partition coefficient (Wildman–Crippen LogP) is 2.31. The lowest BCUT2D eigenvalue weighted by Gasteiger charge is -2.39. The van der Waals surface area contributed by atoms with Crippen molar-refractivity contribution in [2.45, 2.75) is 25.8 Å². The molecule has 3 rings (SSSR count). The van der Waals surface area contributed by atoms with Crippen LogP contribution in [0.1, 0.15) is 19.8 Å². The van der Waals surface area contributed by atoms with Crippen molar-refractivity contribution in [2.24, 2.45) is 5.92 Å². The standard InChI is InChI=1S/C15H17ClN2O2/c1-10-14(19)18(13-5-3-2-4-12(13)16)9-8-17(10)15(20)11-6-7-11/h2-5,10-11H,6-9H2,1H3/t10-/m1/s1. The third kappa shape index (κ3) is 2.29. The van der Waals surface area contributed by atoms with Crippen LogP contribution in [0.15, 0.2) is 24.3 Å². The van der Waals surface area contributed by atoms with Crippen LogP contribution in [0.5, 0.6) is 0 Å². The summed E-state index contributed by atoms with van der Waals surface area (Å²) in [6.45, 7) is 2.88. The van der Waals surface area contributed by atoms with Gasteiger partial charge in [-0.25, -0.2) is 0 Å². The Kier molecular flexibility index (Phi) is 3.42. The largest absolute Gasteiger partial charge is 0.329 e. The number of amides is 2. The smallest absolute Gasteiger partial charge is 0.249 e. The number of carbonyl (C=O) groups is 2. The van der Waals surface area contributed by atoms with Gasteiger partial charge in [0.15, 0.2) is 0 Å². The fourth-order valence-electron chi connectivity index (χ4n) is 2.65. The van der Waals surface area contributed by atoms with E-state index in [1.807, 2.05) is 18.2 Å². The molecule has 4 nitrogen and oxygen atoms in total. The molecule has 20 heavy (non-hydrogen) atoms. The molecule has 1 aliphatic carbocycles. The zero-order valence-corrected chi connectivity index (χ0v) is 12.1. The van der Waals surface area contributed by atoms with Gasteiger partial charge in [0.1, 0.15) is 6.04 Å². The average molecular weight is 293 g/mol. The van der Waals surface area contributed by atoms with E-state index >= 15 is 0 Å². The average Bonchev–Trinajstić information content (AvgIpc) is 3.27. The van der Waals surface area contributed by atoms with Crippen LogP contribution >= 0.6 is 11.6 Å². The van der Waals surface area contributed by atoms with E-state index in [0.29, 0.717) is 18.1 Å². The molecule has 0 radical (unpaired) electrons. The van der Waals surface area contributed by atoms with E-state index in [1.165, 1.54) is 0 Å². The number of benzene rings is 1. The quantitative estimate of drug-likeness (QED) is 0.839. The molecule has 106 valence electrons. The Morgan fingerprint density at radius 1 is 1.25 bits per heavy atom. The van der Waals surface area contributed by atoms with E-state index in [9.17, 15) is 9.59 Å². The van der Waals surface area contributed by atoms with E-state index in [1.54, 1.807) is 22.8 Å². The number of halogens is 1. The molecule has 0 N–H and O–H groups in total. The van der Waals surface area contributed by atoms with Crippen molar-refractivity contribution in [1.82, 2.24) is 4.90 Å². The van der Waals surface area contributed by atoms with Gasteiger partial charge in [0.2, 0.25) is 11.8 Å². The van der Waals surface area contributed by atoms with Gasteiger partial charge in [-0.3, -0.25) is 9.59 Å². The van der Waals surface area contributed by atoms with Crippen molar-refractivity contribution in [3.8, 4) is 0 Å². The SMILES string of the molecule is C[C@@H]1C(=O)N(c2ccccc2Cl)CCN1C(=O)C1CC1. The van der Waals surface area contributed by atoms with Crippen LogP contribution in [0.2, 0.25) is 5.02 Å². The summed E-state index contributed by atoms with van der Waals surface area (Å²) in [5, 5.41) is 0.565.